The molecule has 138 valence electrons. The number of aliphatic carboxylic acids is 1. The molecule has 0 aliphatic carbocycles. The summed E-state index contributed by atoms with van der Waals surface area (Å²) in [6.07, 6.45) is 0.772. The fourth-order valence-electron chi connectivity index (χ4n) is 3.56. The molecule has 2 aromatic carbocycles. The zero-order chi connectivity index (χ0) is 18.7. The number of fused-ring (bicyclic) bond motifs is 1. The number of amides is 1. The predicted molar refractivity (Wildman–Crippen MR) is 99.3 cm³/mol. The highest BCUT2D eigenvalue weighted by atomic mass is 16.5. The maximum atomic E-state index is 12.0. The molecule has 0 aromatic heterocycles. The molecule has 1 N–H and O–H groups in total. The summed E-state index contributed by atoms with van der Waals surface area (Å²) < 4.78 is 5.24. The van der Waals surface area contributed by atoms with E-state index in [4.69, 9.17) is 4.74 Å². The van der Waals surface area contributed by atoms with Crippen LogP contribution in [0.15, 0.2) is 36.4 Å². The van der Waals surface area contributed by atoms with Crippen molar-refractivity contribution in [3.63, 3.8) is 0 Å². The zero-order valence-electron chi connectivity index (χ0n) is 15.1. The minimum absolute atomic E-state index is 0.0402. The van der Waals surface area contributed by atoms with Crippen molar-refractivity contribution in [1.82, 2.24) is 9.80 Å². The summed E-state index contributed by atoms with van der Waals surface area (Å²) in [5.74, 6) is -0.0515. The van der Waals surface area contributed by atoms with Gasteiger partial charge < -0.3 is 14.7 Å². The second kappa shape index (κ2) is 7.74. The summed E-state index contributed by atoms with van der Waals surface area (Å²) in [5.41, 5.74) is 0.756. The van der Waals surface area contributed by atoms with Gasteiger partial charge >= 0.3 is 5.97 Å². The molecule has 1 fully saturated rings. The van der Waals surface area contributed by atoms with Gasteiger partial charge in [-0.15, -0.1) is 0 Å². The molecule has 1 amide bonds. The maximum absolute atomic E-state index is 12.0. The Morgan fingerprint density at radius 2 is 1.77 bits per heavy atom. The van der Waals surface area contributed by atoms with Crippen LogP contribution in [0.5, 0.6) is 5.75 Å². The number of hydrogen-bond donors (Lipinski definition) is 1. The van der Waals surface area contributed by atoms with Crippen LogP contribution in [0.4, 0.5) is 0 Å². The average molecular weight is 356 g/mol. The molecule has 1 unspecified atom stereocenters. The third-order valence-corrected chi connectivity index (χ3v) is 4.96. The summed E-state index contributed by atoms with van der Waals surface area (Å²) in [6, 6.07) is 10.8. The lowest BCUT2D eigenvalue weighted by molar-refractivity contribution is -0.143. The number of ether oxygens (including phenoxy) is 1. The molecular weight excluding hydrogens is 332 g/mol. The van der Waals surface area contributed by atoms with Crippen LogP contribution in [0.2, 0.25) is 0 Å². The predicted octanol–water partition coefficient (Wildman–Crippen LogP) is 2.53. The standard InChI is InChI=1S/C20H24N2O4/c1-14(23)21-8-3-9-22(11-10-21)19(20(24)25)17-5-4-16-13-18(26-2)7-6-15(16)12-17/h4-7,12-13,19H,3,8-11H2,1-2H3,(H,24,25). The molecule has 1 aliphatic heterocycles. The normalized spacial score (nSPS) is 16.9. The number of hydrogen-bond acceptors (Lipinski definition) is 4. The molecule has 1 atom stereocenters. The van der Waals surface area contributed by atoms with Crippen molar-refractivity contribution >= 4 is 22.6 Å². The fraction of sp³-hybridized carbons (Fsp3) is 0.400. The van der Waals surface area contributed by atoms with Crippen molar-refractivity contribution in [2.45, 2.75) is 19.4 Å². The Kier molecular flexibility index (Phi) is 5.42. The van der Waals surface area contributed by atoms with Crippen molar-refractivity contribution < 1.29 is 19.4 Å². The van der Waals surface area contributed by atoms with Gasteiger partial charge in [0, 0.05) is 33.1 Å². The van der Waals surface area contributed by atoms with Gasteiger partial charge in [0.2, 0.25) is 5.91 Å². The van der Waals surface area contributed by atoms with Gasteiger partial charge in [-0.2, -0.15) is 0 Å². The summed E-state index contributed by atoms with van der Waals surface area (Å²) in [6.45, 7) is 4.00. The Hall–Kier alpha value is -2.60. The van der Waals surface area contributed by atoms with Crippen LogP contribution in [-0.4, -0.2) is 60.1 Å². The third-order valence-electron chi connectivity index (χ3n) is 4.96. The molecule has 26 heavy (non-hydrogen) atoms. The first-order valence-electron chi connectivity index (χ1n) is 8.79. The number of methoxy groups -OCH3 is 1. The van der Waals surface area contributed by atoms with Crippen LogP contribution in [0, 0.1) is 0 Å². The number of carboxylic acid groups (broad SMARTS) is 1. The van der Waals surface area contributed by atoms with E-state index in [9.17, 15) is 14.7 Å². The number of nitrogens with zero attached hydrogens (tertiary/aromatic N) is 2. The van der Waals surface area contributed by atoms with E-state index < -0.39 is 12.0 Å². The van der Waals surface area contributed by atoms with Crippen LogP contribution < -0.4 is 4.74 Å². The van der Waals surface area contributed by atoms with Crippen molar-refractivity contribution in [2.75, 3.05) is 33.3 Å². The summed E-state index contributed by atoms with van der Waals surface area (Å²) in [7, 11) is 1.62. The molecule has 6 heteroatoms. The Labute approximate surface area is 153 Å². The zero-order valence-corrected chi connectivity index (χ0v) is 15.1. The number of rotatable bonds is 4. The van der Waals surface area contributed by atoms with E-state index >= 15 is 0 Å². The molecular formula is C20H24N2O4. The molecule has 0 saturated carbocycles. The maximum Gasteiger partial charge on any atom is 0.325 e. The largest absolute Gasteiger partial charge is 0.497 e. The van der Waals surface area contributed by atoms with E-state index in [1.54, 1.807) is 18.9 Å². The molecule has 2 aromatic rings. The molecule has 1 heterocycles. The fourth-order valence-corrected chi connectivity index (χ4v) is 3.56. The van der Waals surface area contributed by atoms with E-state index in [0.29, 0.717) is 26.2 Å². The number of carbonyl (C=O) groups is 2. The number of carboxylic acids is 1. The van der Waals surface area contributed by atoms with Gasteiger partial charge in [0.25, 0.3) is 0 Å². The van der Waals surface area contributed by atoms with Crippen molar-refractivity contribution in [1.29, 1.82) is 0 Å². The van der Waals surface area contributed by atoms with Gasteiger partial charge in [0.1, 0.15) is 11.8 Å². The quantitative estimate of drug-likeness (QED) is 0.912. The highest BCUT2D eigenvalue weighted by Gasteiger charge is 2.29. The topological polar surface area (TPSA) is 70.1 Å². The first-order valence-corrected chi connectivity index (χ1v) is 8.79. The number of benzene rings is 2. The van der Waals surface area contributed by atoms with Crippen LogP contribution in [0.3, 0.4) is 0 Å². The van der Waals surface area contributed by atoms with Gasteiger partial charge in [0.15, 0.2) is 0 Å². The summed E-state index contributed by atoms with van der Waals surface area (Å²) in [5, 5.41) is 11.8. The number of carbonyl (C=O) groups excluding carboxylic acids is 1. The third kappa shape index (κ3) is 3.80. The Bertz CT molecular complexity index is 821. The molecule has 0 radical (unpaired) electrons. The van der Waals surface area contributed by atoms with Gasteiger partial charge in [-0.3, -0.25) is 14.5 Å². The summed E-state index contributed by atoms with van der Waals surface area (Å²) in [4.78, 5) is 27.4. The molecule has 0 spiro atoms. The SMILES string of the molecule is COc1ccc2cc(C(C(=O)O)N3CCCN(C(C)=O)CC3)ccc2c1. The lowest BCUT2D eigenvalue weighted by Gasteiger charge is -2.28. The average Bonchev–Trinajstić information content (AvgIpc) is 2.87. The van der Waals surface area contributed by atoms with Gasteiger partial charge in [-0.05, 0) is 41.0 Å². The van der Waals surface area contributed by atoms with Gasteiger partial charge in [-0.1, -0.05) is 18.2 Å². The van der Waals surface area contributed by atoms with E-state index in [0.717, 1.165) is 28.5 Å². The van der Waals surface area contributed by atoms with Gasteiger partial charge in [-0.25, -0.2) is 0 Å². The highest BCUT2D eigenvalue weighted by Crippen LogP contribution is 2.28. The Morgan fingerprint density at radius 3 is 2.46 bits per heavy atom. The van der Waals surface area contributed by atoms with Crippen molar-refractivity contribution in [3.8, 4) is 5.75 Å². The second-order valence-electron chi connectivity index (χ2n) is 6.61. The second-order valence-corrected chi connectivity index (χ2v) is 6.61. The van der Waals surface area contributed by atoms with Crippen LogP contribution in [0.25, 0.3) is 10.8 Å². The lowest BCUT2D eigenvalue weighted by Crippen LogP contribution is -2.38. The van der Waals surface area contributed by atoms with E-state index in [2.05, 4.69) is 0 Å². The van der Waals surface area contributed by atoms with E-state index in [1.807, 2.05) is 41.3 Å². The molecule has 1 aliphatic rings. The van der Waals surface area contributed by atoms with Gasteiger partial charge in [0.05, 0.1) is 7.11 Å². The lowest BCUT2D eigenvalue weighted by atomic mass is 10.0. The van der Waals surface area contributed by atoms with Crippen molar-refractivity contribution in [3.05, 3.63) is 42.0 Å². The first kappa shape index (κ1) is 18.2. The van der Waals surface area contributed by atoms with E-state index in [-0.39, 0.29) is 5.91 Å². The summed E-state index contributed by atoms with van der Waals surface area (Å²) >= 11 is 0. The Morgan fingerprint density at radius 1 is 1.04 bits per heavy atom. The molecule has 1 saturated heterocycles. The molecule has 3 rings (SSSR count). The van der Waals surface area contributed by atoms with Crippen LogP contribution in [-0.2, 0) is 9.59 Å². The molecule has 0 bridgehead atoms. The first-order chi connectivity index (χ1) is 12.5. The van der Waals surface area contributed by atoms with Crippen LogP contribution in [0.1, 0.15) is 24.9 Å². The minimum Gasteiger partial charge on any atom is -0.497 e. The van der Waals surface area contributed by atoms with Crippen molar-refractivity contribution in [2.24, 2.45) is 0 Å². The Balaban J connectivity index is 1.89. The van der Waals surface area contributed by atoms with E-state index in [1.165, 1.54) is 0 Å². The minimum atomic E-state index is -0.867. The van der Waals surface area contributed by atoms with Crippen LogP contribution >= 0.6 is 0 Å². The highest BCUT2D eigenvalue weighted by molar-refractivity contribution is 5.86. The smallest absolute Gasteiger partial charge is 0.325 e. The molecule has 6 nitrogen and oxygen atoms in total. The monoisotopic (exact) mass is 356 g/mol.